The van der Waals surface area contributed by atoms with Gasteiger partial charge in [-0.05, 0) is 31.4 Å². The fraction of sp³-hybridized carbons (Fsp3) is 0.385. The van der Waals surface area contributed by atoms with Crippen molar-refractivity contribution >= 4 is 28.8 Å². The number of benzene rings is 1. The summed E-state index contributed by atoms with van der Waals surface area (Å²) in [5.41, 5.74) is 1.10. The molecule has 0 spiro atoms. The van der Waals surface area contributed by atoms with Crippen molar-refractivity contribution in [2.24, 2.45) is 0 Å². The van der Waals surface area contributed by atoms with Crippen LogP contribution in [0, 0.1) is 5.82 Å². The van der Waals surface area contributed by atoms with Crippen molar-refractivity contribution in [2.75, 3.05) is 5.75 Å². The molecule has 0 saturated heterocycles. The van der Waals surface area contributed by atoms with Crippen molar-refractivity contribution in [3.8, 4) is 0 Å². The zero-order valence-corrected chi connectivity index (χ0v) is 11.0. The molecule has 6 heteroatoms. The number of para-hydroxylation sites is 1. The molecule has 2 aromatic rings. The Labute approximate surface area is 113 Å². The SMILES string of the molecule is O=C(O)CSc1nc2c(F)cccc2n1C1CCC1. The van der Waals surface area contributed by atoms with Gasteiger partial charge in [0.2, 0.25) is 0 Å². The van der Waals surface area contributed by atoms with Crippen LogP contribution in [0.4, 0.5) is 4.39 Å². The average Bonchev–Trinajstić information content (AvgIpc) is 2.65. The van der Waals surface area contributed by atoms with Crippen molar-refractivity contribution in [3.63, 3.8) is 0 Å². The van der Waals surface area contributed by atoms with Gasteiger partial charge in [-0.3, -0.25) is 4.79 Å². The molecule has 1 aliphatic carbocycles. The Morgan fingerprint density at radius 2 is 2.32 bits per heavy atom. The third-order valence-electron chi connectivity index (χ3n) is 3.40. The Morgan fingerprint density at radius 1 is 1.53 bits per heavy atom. The summed E-state index contributed by atoms with van der Waals surface area (Å²) >= 11 is 1.15. The predicted octanol–water partition coefficient (Wildman–Crippen LogP) is 3.08. The third-order valence-corrected chi connectivity index (χ3v) is 4.34. The lowest BCUT2D eigenvalue weighted by molar-refractivity contribution is -0.133. The molecule has 3 rings (SSSR count). The van der Waals surface area contributed by atoms with Crippen LogP contribution in [0.2, 0.25) is 0 Å². The molecule has 19 heavy (non-hydrogen) atoms. The van der Waals surface area contributed by atoms with Crippen LogP contribution < -0.4 is 0 Å². The molecule has 0 amide bonds. The number of hydrogen-bond acceptors (Lipinski definition) is 3. The molecule has 1 aromatic carbocycles. The minimum Gasteiger partial charge on any atom is -0.481 e. The van der Waals surface area contributed by atoms with Gasteiger partial charge in [-0.25, -0.2) is 9.37 Å². The first-order chi connectivity index (χ1) is 9.16. The molecule has 1 N–H and O–H groups in total. The summed E-state index contributed by atoms with van der Waals surface area (Å²) in [4.78, 5) is 15.0. The standard InChI is InChI=1S/C13H13FN2O2S/c14-9-5-2-6-10-12(9)15-13(19-7-11(17)18)16(10)8-3-1-4-8/h2,5-6,8H,1,3-4,7H2,(H,17,18). The van der Waals surface area contributed by atoms with Crippen molar-refractivity contribution in [1.82, 2.24) is 9.55 Å². The number of fused-ring (bicyclic) bond motifs is 1. The van der Waals surface area contributed by atoms with Crippen LogP contribution in [0.15, 0.2) is 23.4 Å². The monoisotopic (exact) mass is 280 g/mol. The topological polar surface area (TPSA) is 55.1 Å². The number of hydrogen-bond donors (Lipinski definition) is 1. The summed E-state index contributed by atoms with van der Waals surface area (Å²) in [7, 11) is 0. The maximum atomic E-state index is 13.8. The van der Waals surface area contributed by atoms with E-state index in [4.69, 9.17) is 5.11 Å². The molecule has 1 saturated carbocycles. The molecule has 1 heterocycles. The Bertz CT molecular complexity index is 637. The fourth-order valence-corrected chi connectivity index (χ4v) is 3.08. The van der Waals surface area contributed by atoms with E-state index in [0.29, 0.717) is 16.7 Å². The molecule has 0 aliphatic heterocycles. The van der Waals surface area contributed by atoms with Crippen molar-refractivity contribution in [1.29, 1.82) is 0 Å². The molecule has 1 aromatic heterocycles. The van der Waals surface area contributed by atoms with E-state index in [0.717, 1.165) is 36.5 Å². The van der Waals surface area contributed by atoms with E-state index < -0.39 is 5.97 Å². The number of aromatic nitrogens is 2. The molecule has 0 atom stereocenters. The van der Waals surface area contributed by atoms with Crippen LogP contribution in [-0.4, -0.2) is 26.4 Å². The van der Waals surface area contributed by atoms with E-state index in [2.05, 4.69) is 4.98 Å². The van der Waals surface area contributed by atoms with E-state index >= 15 is 0 Å². The number of rotatable bonds is 4. The van der Waals surface area contributed by atoms with Gasteiger partial charge in [0.1, 0.15) is 5.52 Å². The van der Waals surface area contributed by atoms with E-state index in [1.165, 1.54) is 6.07 Å². The summed E-state index contributed by atoms with van der Waals surface area (Å²) in [6.45, 7) is 0. The average molecular weight is 280 g/mol. The Morgan fingerprint density at radius 3 is 2.95 bits per heavy atom. The summed E-state index contributed by atoms with van der Waals surface area (Å²) in [5.74, 6) is -1.30. The van der Waals surface area contributed by atoms with Gasteiger partial charge in [-0.2, -0.15) is 0 Å². The van der Waals surface area contributed by atoms with Crippen LogP contribution in [0.3, 0.4) is 0 Å². The molecular formula is C13H13FN2O2S. The molecule has 0 unspecified atom stereocenters. The van der Waals surface area contributed by atoms with Crippen molar-refractivity contribution < 1.29 is 14.3 Å². The van der Waals surface area contributed by atoms with Crippen LogP contribution >= 0.6 is 11.8 Å². The number of carbonyl (C=O) groups is 1. The lowest BCUT2D eigenvalue weighted by Gasteiger charge is -2.28. The summed E-state index contributed by atoms with van der Waals surface area (Å²) in [6.07, 6.45) is 3.24. The molecule has 4 nitrogen and oxygen atoms in total. The van der Waals surface area contributed by atoms with Crippen LogP contribution in [-0.2, 0) is 4.79 Å². The largest absolute Gasteiger partial charge is 0.481 e. The summed E-state index contributed by atoms with van der Waals surface area (Å²) < 4.78 is 15.8. The number of carboxylic acids is 1. The predicted molar refractivity (Wildman–Crippen MR) is 70.9 cm³/mol. The second-order valence-corrected chi connectivity index (χ2v) is 5.58. The Balaban J connectivity index is 2.07. The first-order valence-corrected chi connectivity index (χ1v) is 7.16. The smallest absolute Gasteiger partial charge is 0.313 e. The van der Waals surface area contributed by atoms with Gasteiger partial charge in [0.25, 0.3) is 0 Å². The maximum Gasteiger partial charge on any atom is 0.313 e. The lowest BCUT2D eigenvalue weighted by atomic mass is 9.93. The van der Waals surface area contributed by atoms with Gasteiger partial charge in [-0.1, -0.05) is 17.8 Å². The molecule has 0 radical (unpaired) electrons. The second kappa shape index (κ2) is 4.85. The van der Waals surface area contributed by atoms with Crippen LogP contribution in [0.1, 0.15) is 25.3 Å². The minimum atomic E-state index is -0.891. The van der Waals surface area contributed by atoms with Gasteiger partial charge < -0.3 is 9.67 Å². The first-order valence-electron chi connectivity index (χ1n) is 6.18. The van der Waals surface area contributed by atoms with Crippen LogP contribution in [0.25, 0.3) is 11.0 Å². The Hall–Kier alpha value is -1.56. The van der Waals surface area contributed by atoms with Crippen LogP contribution in [0.5, 0.6) is 0 Å². The van der Waals surface area contributed by atoms with E-state index in [-0.39, 0.29) is 11.6 Å². The third kappa shape index (κ3) is 2.20. The van der Waals surface area contributed by atoms with E-state index in [1.807, 2.05) is 10.6 Å². The molecular weight excluding hydrogens is 267 g/mol. The summed E-state index contributed by atoms with van der Waals surface area (Å²) in [5, 5.41) is 9.38. The highest BCUT2D eigenvalue weighted by Gasteiger charge is 2.25. The minimum absolute atomic E-state index is 0.0579. The van der Waals surface area contributed by atoms with E-state index in [1.54, 1.807) is 6.07 Å². The maximum absolute atomic E-state index is 13.8. The highest BCUT2D eigenvalue weighted by Crippen LogP contribution is 2.38. The zero-order chi connectivity index (χ0) is 13.4. The van der Waals surface area contributed by atoms with Gasteiger partial charge >= 0.3 is 5.97 Å². The quantitative estimate of drug-likeness (QED) is 0.874. The van der Waals surface area contributed by atoms with E-state index in [9.17, 15) is 9.18 Å². The molecule has 1 fully saturated rings. The van der Waals surface area contributed by atoms with Crippen molar-refractivity contribution in [3.05, 3.63) is 24.0 Å². The number of imidazole rings is 1. The second-order valence-electron chi connectivity index (χ2n) is 4.64. The molecule has 1 aliphatic rings. The number of thioether (sulfide) groups is 1. The Kier molecular flexibility index (Phi) is 3.18. The number of halogens is 1. The number of carboxylic acid groups (broad SMARTS) is 1. The van der Waals surface area contributed by atoms with Crippen molar-refractivity contribution in [2.45, 2.75) is 30.5 Å². The number of aliphatic carboxylic acids is 1. The normalized spacial score (nSPS) is 15.6. The summed E-state index contributed by atoms with van der Waals surface area (Å²) in [6, 6.07) is 5.21. The highest BCUT2D eigenvalue weighted by atomic mass is 32.2. The fourth-order valence-electron chi connectivity index (χ4n) is 2.29. The molecule has 0 bridgehead atoms. The lowest BCUT2D eigenvalue weighted by Crippen LogP contribution is -2.18. The van der Waals surface area contributed by atoms with Gasteiger partial charge in [0.05, 0.1) is 11.3 Å². The number of nitrogens with zero attached hydrogens (tertiary/aromatic N) is 2. The molecule has 100 valence electrons. The van der Waals surface area contributed by atoms with Gasteiger partial charge in [-0.15, -0.1) is 0 Å². The van der Waals surface area contributed by atoms with Gasteiger partial charge in [0, 0.05) is 6.04 Å². The first kappa shape index (κ1) is 12.5. The zero-order valence-electron chi connectivity index (χ0n) is 10.2. The van der Waals surface area contributed by atoms with Gasteiger partial charge in [0.15, 0.2) is 11.0 Å². The highest BCUT2D eigenvalue weighted by molar-refractivity contribution is 7.99.